The highest BCUT2D eigenvalue weighted by atomic mass is 31.2. The van der Waals surface area contributed by atoms with E-state index in [2.05, 4.69) is 22.9 Å². The van der Waals surface area contributed by atoms with Crippen LogP contribution in [-0.2, 0) is 18.2 Å². The van der Waals surface area contributed by atoms with Crippen molar-refractivity contribution in [1.82, 2.24) is 0 Å². The molecule has 0 aliphatic carbocycles. The fraction of sp³-hybridized carbons (Fsp3) is 1.00. The van der Waals surface area contributed by atoms with Crippen LogP contribution < -0.4 is 11.5 Å². The molecule has 0 atom stereocenters. The van der Waals surface area contributed by atoms with Crippen LogP contribution in [0.15, 0.2) is 0 Å². The smallest absolute Gasteiger partial charge is 0.330 e. The molecule has 0 aromatic carbocycles. The van der Waals surface area contributed by atoms with E-state index in [4.69, 9.17) is 31.0 Å². The van der Waals surface area contributed by atoms with Gasteiger partial charge < -0.3 is 31.0 Å². The molecule has 8 N–H and O–H groups in total. The summed E-state index contributed by atoms with van der Waals surface area (Å²) in [6, 6.07) is 0. The van der Waals surface area contributed by atoms with Gasteiger partial charge in [0.15, 0.2) is 0 Å². The molecule has 10 nitrogen and oxygen atoms in total. The van der Waals surface area contributed by atoms with Crippen LogP contribution in [0, 0.1) is 0 Å². The van der Waals surface area contributed by atoms with Gasteiger partial charge in [-0.3, -0.25) is 9.05 Å². The molecule has 0 unspecified atom stereocenters. The molecule has 0 bridgehead atoms. The molecular weight excluding hydrogens is 650 g/mol. The van der Waals surface area contributed by atoms with E-state index in [0.29, 0.717) is 0 Å². The number of unbranched alkanes of at least 4 members (excludes halogenated alkanes) is 27. The van der Waals surface area contributed by atoms with Crippen molar-refractivity contribution in [1.29, 1.82) is 0 Å². The third kappa shape index (κ3) is 61.4. The number of hydrogen-bond acceptors (Lipinski definition) is 6. The molecule has 0 aliphatic heterocycles. The fourth-order valence-corrected chi connectivity index (χ4v) is 5.98. The number of phosphoric acid groups is 2. The van der Waals surface area contributed by atoms with Gasteiger partial charge in [0.2, 0.25) is 0 Å². The second kappa shape index (κ2) is 43.3. The van der Waals surface area contributed by atoms with Crippen LogP contribution in [-0.4, -0.2) is 45.9 Å². The lowest BCUT2D eigenvalue weighted by atomic mass is 10.1. The minimum Gasteiger partial charge on any atom is -0.330 e. The van der Waals surface area contributed by atoms with E-state index in [0.717, 1.165) is 51.6 Å². The summed E-state index contributed by atoms with van der Waals surface area (Å²) < 4.78 is 29.5. The van der Waals surface area contributed by atoms with Crippen LogP contribution in [0.3, 0.4) is 0 Å². The molecule has 0 fully saturated rings. The van der Waals surface area contributed by atoms with E-state index in [1.54, 1.807) is 0 Å². The van der Waals surface area contributed by atoms with Crippen LogP contribution in [0.1, 0.15) is 206 Å². The van der Waals surface area contributed by atoms with E-state index in [9.17, 15) is 9.13 Å². The molecule has 0 radical (unpaired) electrons. The molecule has 0 saturated carbocycles. The molecule has 0 rings (SSSR count). The van der Waals surface area contributed by atoms with Gasteiger partial charge in [0.05, 0.1) is 13.2 Å². The highest BCUT2D eigenvalue weighted by Crippen LogP contribution is 2.36. The van der Waals surface area contributed by atoms with Crippen LogP contribution in [0.4, 0.5) is 0 Å². The lowest BCUT2D eigenvalue weighted by Crippen LogP contribution is -1.97. The van der Waals surface area contributed by atoms with Gasteiger partial charge in [-0.1, -0.05) is 181 Å². The van der Waals surface area contributed by atoms with Crippen molar-refractivity contribution in [3.63, 3.8) is 0 Å². The Kier molecular flexibility index (Phi) is 47.4. The van der Waals surface area contributed by atoms with Gasteiger partial charge in [0, 0.05) is 0 Å². The van der Waals surface area contributed by atoms with Crippen LogP contribution in [0.5, 0.6) is 0 Å². The monoisotopic (exact) mass is 733 g/mol. The number of rotatable bonds is 35. The highest BCUT2D eigenvalue weighted by molar-refractivity contribution is 7.46. The maximum absolute atomic E-state index is 10.4. The van der Waals surface area contributed by atoms with Crippen molar-refractivity contribution < 1.29 is 37.8 Å². The molecule has 0 saturated heterocycles. The molecule has 0 amide bonds. The van der Waals surface area contributed by atoms with Gasteiger partial charge in [0.1, 0.15) is 0 Å². The summed E-state index contributed by atoms with van der Waals surface area (Å²) >= 11 is 0. The van der Waals surface area contributed by atoms with Crippen molar-refractivity contribution in [3.05, 3.63) is 0 Å². The van der Waals surface area contributed by atoms with E-state index in [-0.39, 0.29) is 13.2 Å². The predicted octanol–water partition coefficient (Wildman–Crippen LogP) is 10.8. The summed E-state index contributed by atoms with van der Waals surface area (Å²) in [5, 5.41) is 0. The second-order valence-electron chi connectivity index (χ2n) is 13.1. The molecule has 0 aliphatic rings. The molecule has 12 heteroatoms. The molecule has 0 aromatic heterocycles. The molecular formula is C36H82N2O8P2. The minimum absolute atomic E-state index is 0.167. The zero-order valence-corrected chi connectivity index (χ0v) is 33.3. The summed E-state index contributed by atoms with van der Waals surface area (Å²) in [5.74, 6) is 0. The average molecular weight is 733 g/mol. The normalized spacial score (nSPS) is 11.6. The van der Waals surface area contributed by atoms with Gasteiger partial charge in [-0.05, 0) is 38.8 Å². The Hall–Kier alpha value is 0.140. The number of nitrogens with two attached hydrogens (primary N) is 2. The predicted molar refractivity (Wildman–Crippen MR) is 204 cm³/mol. The quantitative estimate of drug-likeness (QED) is 0.0270. The zero-order chi connectivity index (χ0) is 36.5. The summed E-state index contributed by atoms with van der Waals surface area (Å²) in [4.78, 5) is 33.8. The summed E-state index contributed by atoms with van der Waals surface area (Å²) in [6.07, 6.45) is 37.5. The number of phosphoric ester groups is 2. The number of hydrogen-bond donors (Lipinski definition) is 6. The third-order valence-electron chi connectivity index (χ3n) is 8.17. The summed E-state index contributed by atoms with van der Waals surface area (Å²) in [5.41, 5.74) is 10.9. The van der Waals surface area contributed by atoms with Crippen molar-refractivity contribution in [2.45, 2.75) is 206 Å². The second-order valence-corrected chi connectivity index (χ2v) is 15.6. The first kappa shape index (κ1) is 52.5. The van der Waals surface area contributed by atoms with Gasteiger partial charge in [-0.25, -0.2) is 9.13 Å². The van der Waals surface area contributed by atoms with Gasteiger partial charge in [-0.2, -0.15) is 0 Å². The first-order chi connectivity index (χ1) is 23.0. The van der Waals surface area contributed by atoms with Gasteiger partial charge in [-0.15, -0.1) is 0 Å². The minimum atomic E-state index is -4.24. The Morgan fingerprint density at radius 1 is 0.354 bits per heavy atom. The molecule has 0 spiro atoms. The van der Waals surface area contributed by atoms with Crippen LogP contribution in [0.2, 0.25) is 0 Å². The molecule has 48 heavy (non-hydrogen) atoms. The maximum atomic E-state index is 10.4. The average Bonchev–Trinajstić information content (AvgIpc) is 3.03. The summed E-state index contributed by atoms with van der Waals surface area (Å²) in [6.45, 7) is 6.50. The fourth-order valence-electron chi connectivity index (χ4n) is 5.25. The standard InChI is InChI=1S/C12H28N2.2C12H27O4P/c13-11-9-7-5-3-1-2-4-6-8-10-12-14;2*1-2-3-4-5-6-7-8-9-10-11-12-16-17(13,14)15/h1-14H2;2*2-12H2,1H3,(H2,13,14,15). The Morgan fingerprint density at radius 3 is 0.729 bits per heavy atom. The zero-order valence-electron chi connectivity index (χ0n) is 31.5. The summed E-state index contributed by atoms with van der Waals surface area (Å²) in [7, 11) is -8.49. The molecule has 294 valence electrons. The Balaban J connectivity index is -0.000000637. The van der Waals surface area contributed by atoms with Crippen molar-refractivity contribution in [2.24, 2.45) is 11.5 Å². The van der Waals surface area contributed by atoms with Crippen molar-refractivity contribution in [3.8, 4) is 0 Å². The molecule has 0 aromatic rings. The SMILES string of the molecule is CCCCCCCCCCCCOP(=O)(O)O.CCCCCCCCCCCCOP(=O)(O)O.NCCCCCCCCCCCCN. The largest absolute Gasteiger partial charge is 0.469 e. The Labute approximate surface area is 297 Å². The Morgan fingerprint density at radius 2 is 0.542 bits per heavy atom. The highest BCUT2D eigenvalue weighted by Gasteiger charge is 2.13. The van der Waals surface area contributed by atoms with Crippen molar-refractivity contribution in [2.75, 3.05) is 26.3 Å². The first-order valence-electron chi connectivity index (χ1n) is 19.8. The van der Waals surface area contributed by atoms with Crippen LogP contribution in [0.25, 0.3) is 0 Å². The lowest BCUT2D eigenvalue weighted by molar-refractivity contribution is 0.191. The van der Waals surface area contributed by atoms with E-state index in [1.165, 1.54) is 154 Å². The van der Waals surface area contributed by atoms with E-state index in [1.807, 2.05) is 0 Å². The molecule has 0 heterocycles. The lowest BCUT2D eigenvalue weighted by Gasteiger charge is -2.05. The van der Waals surface area contributed by atoms with Crippen LogP contribution >= 0.6 is 15.6 Å². The van der Waals surface area contributed by atoms with Gasteiger partial charge in [0.25, 0.3) is 0 Å². The van der Waals surface area contributed by atoms with Gasteiger partial charge >= 0.3 is 15.6 Å². The Bertz CT molecular complexity index is 624. The maximum Gasteiger partial charge on any atom is 0.469 e. The van der Waals surface area contributed by atoms with E-state index < -0.39 is 15.6 Å². The van der Waals surface area contributed by atoms with Crippen molar-refractivity contribution >= 4 is 15.6 Å². The van der Waals surface area contributed by atoms with E-state index >= 15 is 0 Å². The first-order valence-corrected chi connectivity index (χ1v) is 22.9. The topological polar surface area (TPSA) is 186 Å². The third-order valence-corrected chi connectivity index (χ3v) is 9.21.